The van der Waals surface area contributed by atoms with Gasteiger partial charge in [-0.3, -0.25) is 9.59 Å². The van der Waals surface area contributed by atoms with Crippen LogP contribution in [-0.4, -0.2) is 62.9 Å². The van der Waals surface area contributed by atoms with Gasteiger partial charge in [-0.15, -0.1) is 0 Å². The molecule has 0 rings (SSSR count). The molecule has 0 spiro atoms. The van der Waals surface area contributed by atoms with Crippen LogP contribution in [0.1, 0.15) is 19.8 Å². The summed E-state index contributed by atoms with van der Waals surface area (Å²) < 4.78 is 0. The van der Waals surface area contributed by atoms with Gasteiger partial charge in [0.25, 0.3) is 0 Å². The Hall–Kier alpha value is -0.100. The van der Waals surface area contributed by atoms with E-state index in [1.54, 1.807) is 0 Å². The van der Waals surface area contributed by atoms with Crippen LogP contribution in [0.4, 0.5) is 0 Å². The third-order valence-corrected chi connectivity index (χ3v) is 1.40. The molecule has 2 atom stereocenters. The van der Waals surface area contributed by atoms with E-state index < -0.39 is 30.4 Å². The molecule has 0 aliphatic heterocycles. The molecule has 0 fully saturated rings. The molecule has 0 heterocycles. The zero-order chi connectivity index (χ0) is 9.72. The summed E-state index contributed by atoms with van der Waals surface area (Å²) in [7, 11) is 0. The minimum absolute atomic E-state index is 0. The Morgan fingerprint density at radius 3 is 2.00 bits per heavy atom. The number of aliphatic hydroxyl groups excluding tert-OH is 1. The van der Waals surface area contributed by atoms with Gasteiger partial charge >= 0.3 is 41.5 Å². The molecular weight excluding hydrogens is 187 g/mol. The molecule has 0 aliphatic carbocycles. The van der Waals surface area contributed by atoms with Crippen LogP contribution in [0.3, 0.4) is 0 Å². The van der Waals surface area contributed by atoms with Crippen molar-refractivity contribution < 1.29 is 24.9 Å². The average Bonchev–Trinajstić information content (AvgIpc) is 1.83. The van der Waals surface area contributed by atoms with Gasteiger partial charge in [0.1, 0.15) is 0 Å². The molecule has 2 unspecified atom stereocenters. The molecule has 6 heteroatoms. The van der Waals surface area contributed by atoms with Gasteiger partial charge in [-0.25, -0.2) is 0 Å². The first-order valence-corrected chi connectivity index (χ1v) is 3.56. The maximum absolute atomic E-state index is 10.4. The van der Waals surface area contributed by atoms with E-state index in [2.05, 4.69) is 0 Å². The van der Waals surface area contributed by atoms with E-state index in [0.29, 0.717) is 0 Å². The minimum atomic E-state index is -1.18. The normalized spacial score (nSPS) is 14.0. The fourth-order valence-electron chi connectivity index (χ4n) is 0.894. The quantitative estimate of drug-likeness (QED) is 0.509. The molecule has 72 valence electrons. The van der Waals surface area contributed by atoms with Crippen LogP contribution < -0.4 is 0 Å². The van der Waals surface area contributed by atoms with E-state index >= 15 is 0 Å². The molecule has 0 radical (unpaired) electrons. The van der Waals surface area contributed by atoms with Gasteiger partial charge in [0, 0.05) is 0 Å². The fraction of sp³-hybridized carbons (Fsp3) is 0.714. The number of aliphatic hydroxyl groups is 1. The van der Waals surface area contributed by atoms with Crippen molar-refractivity contribution in [2.75, 3.05) is 0 Å². The molecular formula is C7H13NaO5. The second-order valence-corrected chi connectivity index (χ2v) is 2.72. The number of hydrogen-bond donors (Lipinski definition) is 3. The summed E-state index contributed by atoms with van der Waals surface area (Å²) in [5.74, 6) is -3.34. The summed E-state index contributed by atoms with van der Waals surface area (Å²) in [6.45, 7) is 1.43. The molecule has 0 aromatic carbocycles. The molecule has 0 saturated heterocycles. The zero-order valence-electron chi connectivity index (χ0n) is 6.73. The molecule has 0 aliphatic rings. The first kappa shape index (κ1) is 15.4. The number of aliphatic carboxylic acids is 2. The fourth-order valence-corrected chi connectivity index (χ4v) is 0.894. The Balaban J connectivity index is 0. The first-order valence-electron chi connectivity index (χ1n) is 3.56. The molecule has 0 amide bonds. The Labute approximate surface area is 98.0 Å². The van der Waals surface area contributed by atoms with Gasteiger partial charge in [-0.05, 0) is 13.3 Å². The number of carboxylic acid groups (broad SMARTS) is 2. The van der Waals surface area contributed by atoms with Crippen LogP contribution in [0.25, 0.3) is 0 Å². The van der Waals surface area contributed by atoms with Crippen LogP contribution in [0, 0.1) is 5.92 Å². The van der Waals surface area contributed by atoms with Crippen LogP contribution in [0.5, 0.6) is 0 Å². The average molecular weight is 200 g/mol. The van der Waals surface area contributed by atoms with Gasteiger partial charge in [0.05, 0.1) is 18.4 Å². The molecule has 0 bridgehead atoms. The summed E-state index contributed by atoms with van der Waals surface area (Å²) in [6.07, 6.45) is -1.26. The SMILES string of the molecule is CC(O)CC(CC(=O)O)C(=O)O.[NaH]. The van der Waals surface area contributed by atoms with Gasteiger partial charge in [0.2, 0.25) is 0 Å². The van der Waals surface area contributed by atoms with Gasteiger partial charge in [-0.1, -0.05) is 0 Å². The second kappa shape index (κ2) is 7.32. The van der Waals surface area contributed by atoms with Crippen molar-refractivity contribution in [3.05, 3.63) is 0 Å². The number of carbonyl (C=O) groups is 2. The summed E-state index contributed by atoms with van der Waals surface area (Å²) in [5.41, 5.74) is 0. The molecule has 0 saturated carbocycles. The van der Waals surface area contributed by atoms with E-state index in [0.717, 1.165) is 0 Å². The van der Waals surface area contributed by atoms with Crippen LogP contribution in [0.15, 0.2) is 0 Å². The molecule has 5 nitrogen and oxygen atoms in total. The van der Waals surface area contributed by atoms with E-state index in [9.17, 15) is 9.59 Å². The van der Waals surface area contributed by atoms with Gasteiger partial charge < -0.3 is 15.3 Å². The molecule has 0 aromatic heterocycles. The zero-order valence-corrected chi connectivity index (χ0v) is 6.73. The Morgan fingerprint density at radius 1 is 1.31 bits per heavy atom. The number of carboxylic acids is 2. The Bertz CT molecular complexity index is 180. The van der Waals surface area contributed by atoms with Crippen molar-refractivity contribution in [3.63, 3.8) is 0 Å². The summed E-state index contributed by atoms with van der Waals surface area (Å²) in [4.78, 5) is 20.5. The van der Waals surface area contributed by atoms with Crippen molar-refractivity contribution in [1.82, 2.24) is 0 Å². The predicted molar refractivity (Wildman–Crippen MR) is 46.8 cm³/mol. The first-order chi connectivity index (χ1) is 5.43. The van der Waals surface area contributed by atoms with Crippen LogP contribution >= 0.6 is 0 Å². The Kier molecular flexibility index (Phi) is 8.65. The van der Waals surface area contributed by atoms with Gasteiger partial charge in [-0.2, -0.15) is 0 Å². The summed E-state index contributed by atoms with van der Waals surface area (Å²) >= 11 is 0. The number of hydrogen-bond acceptors (Lipinski definition) is 3. The second-order valence-electron chi connectivity index (χ2n) is 2.72. The van der Waals surface area contributed by atoms with Crippen LogP contribution in [-0.2, 0) is 9.59 Å². The van der Waals surface area contributed by atoms with E-state index in [-0.39, 0.29) is 36.0 Å². The van der Waals surface area contributed by atoms with Crippen molar-refractivity contribution in [2.45, 2.75) is 25.9 Å². The summed E-state index contributed by atoms with van der Waals surface area (Å²) in [5, 5.41) is 25.6. The van der Waals surface area contributed by atoms with E-state index in [4.69, 9.17) is 15.3 Å². The standard InChI is InChI=1S/C7H12O5.Na.H/c1-4(8)2-5(7(11)12)3-6(9)10;;/h4-5,8H,2-3H2,1H3,(H,9,10)(H,11,12);;. The van der Waals surface area contributed by atoms with E-state index in [1.807, 2.05) is 0 Å². The van der Waals surface area contributed by atoms with Gasteiger partial charge in [0.15, 0.2) is 0 Å². The topological polar surface area (TPSA) is 94.8 Å². The Morgan fingerprint density at radius 2 is 1.77 bits per heavy atom. The third kappa shape index (κ3) is 8.24. The van der Waals surface area contributed by atoms with E-state index in [1.165, 1.54) is 6.92 Å². The molecule has 3 N–H and O–H groups in total. The van der Waals surface area contributed by atoms with Crippen molar-refractivity contribution in [2.24, 2.45) is 5.92 Å². The van der Waals surface area contributed by atoms with Crippen molar-refractivity contribution in [1.29, 1.82) is 0 Å². The van der Waals surface area contributed by atoms with Crippen LogP contribution in [0.2, 0.25) is 0 Å². The maximum atomic E-state index is 10.4. The molecule has 0 aromatic rings. The number of rotatable bonds is 5. The third-order valence-electron chi connectivity index (χ3n) is 1.40. The predicted octanol–water partition coefficient (Wildman–Crippen LogP) is -0.716. The molecule has 13 heavy (non-hydrogen) atoms. The van der Waals surface area contributed by atoms with Crippen molar-refractivity contribution >= 4 is 41.5 Å². The summed E-state index contributed by atoms with van der Waals surface area (Å²) in [6, 6.07) is 0. The van der Waals surface area contributed by atoms with Crippen molar-refractivity contribution in [3.8, 4) is 0 Å². The monoisotopic (exact) mass is 200 g/mol.